The second kappa shape index (κ2) is 15.5. The van der Waals surface area contributed by atoms with E-state index in [1.54, 1.807) is 0 Å². The van der Waals surface area contributed by atoms with E-state index in [-0.39, 0.29) is 33.6 Å². The van der Waals surface area contributed by atoms with Crippen LogP contribution >= 0.6 is 0 Å². The van der Waals surface area contributed by atoms with Gasteiger partial charge >= 0.3 is 22.7 Å². The molecule has 0 aliphatic heterocycles. The molecule has 1 N–H and O–H groups in total. The molecule has 0 spiro atoms. The standard InChI is InChI=1S/C10H20O2.BO3.2Co/c1-10(2,3)8-6-4-5-7-9(11)12;2-1(3)4;;/h4-8H2,1-3H3,(H,11,12);;;/q;-3;;+2. The summed E-state index contributed by atoms with van der Waals surface area (Å²) in [5.74, 6) is -0.675. The van der Waals surface area contributed by atoms with Crippen molar-refractivity contribution in [3.63, 3.8) is 0 Å². The van der Waals surface area contributed by atoms with Crippen LogP contribution in [0, 0.1) is 5.41 Å². The number of hydrogen-bond donors (Lipinski definition) is 1. The maximum absolute atomic E-state index is 10.2. The van der Waals surface area contributed by atoms with E-state index in [1.807, 2.05) is 0 Å². The molecule has 0 aliphatic carbocycles. The van der Waals surface area contributed by atoms with E-state index in [0.29, 0.717) is 11.8 Å². The van der Waals surface area contributed by atoms with Crippen molar-refractivity contribution in [1.82, 2.24) is 0 Å². The number of hydrogen-bond acceptors (Lipinski definition) is 4. The number of rotatable bonds is 5. The summed E-state index contributed by atoms with van der Waals surface area (Å²) in [4.78, 5) is 10.2. The quantitative estimate of drug-likeness (QED) is 0.512. The molecule has 18 heavy (non-hydrogen) atoms. The third-order valence-corrected chi connectivity index (χ3v) is 1.82. The van der Waals surface area contributed by atoms with Crippen LogP contribution < -0.4 is 15.1 Å². The minimum atomic E-state index is -2.92. The zero-order valence-electron chi connectivity index (χ0n) is 10.9. The van der Waals surface area contributed by atoms with Gasteiger partial charge in [-0.05, 0) is 18.3 Å². The Balaban J connectivity index is -0.000000143. The molecule has 0 atom stereocenters. The molecule has 0 aromatic heterocycles. The van der Waals surface area contributed by atoms with Gasteiger partial charge in [0, 0.05) is 23.2 Å². The summed E-state index contributed by atoms with van der Waals surface area (Å²) in [7, 11) is -2.92. The molecule has 2 radical (unpaired) electrons. The molecule has 0 aliphatic rings. The number of carboxylic acid groups (broad SMARTS) is 1. The summed E-state index contributed by atoms with van der Waals surface area (Å²) in [6.45, 7) is 6.64. The average molecular weight is 349 g/mol. The molecule has 5 nitrogen and oxygen atoms in total. The van der Waals surface area contributed by atoms with E-state index in [2.05, 4.69) is 20.8 Å². The third-order valence-electron chi connectivity index (χ3n) is 1.82. The smallest absolute Gasteiger partial charge is 0.907 e. The van der Waals surface area contributed by atoms with Crippen molar-refractivity contribution in [2.24, 2.45) is 5.41 Å². The van der Waals surface area contributed by atoms with Crippen LogP contribution in [0.15, 0.2) is 0 Å². The molecule has 0 saturated carbocycles. The van der Waals surface area contributed by atoms with E-state index < -0.39 is 13.3 Å². The van der Waals surface area contributed by atoms with Crippen molar-refractivity contribution < 1.29 is 58.5 Å². The molecule has 112 valence electrons. The van der Waals surface area contributed by atoms with Crippen molar-refractivity contribution in [3.8, 4) is 0 Å². The molecule has 0 fully saturated rings. The number of aliphatic carboxylic acids is 1. The molecule has 0 heterocycles. The van der Waals surface area contributed by atoms with E-state index in [9.17, 15) is 4.79 Å². The molecule has 0 aromatic carbocycles. The first-order valence-corrected chi connectivity index (χ1v) is 5.34. The fourth-order valence-corrected chi connectivity index (χ4v) is 1.11. The molecule has 0 saturated heterocycles. The second-order valence-electron chi connectivity index (χ2n) is 4.80. The van der Waals surface area contributed by atoms with Crippen LogP contribution in [0.25, 0.3) is 0 Å². The summed E-state index contributed by atoms with van der Waals surface area (Å²) in [5.41, 5.74) is 0.392. The summed E-state index contributed by atoms with van der Waals surface area (Å²) in [6.07, 6.45) is 4.53. The fraction of sp³-hybridized carbons (Fsp3) is 0.900. The van der Waals surface area contributed by atoms with E-state index in [4.69, 9.17) is 20.2 Å². The van der Waals surface area contributed by atoms with E-state index in [0.717, 1.165) is 19.3 Å². The van der Waals surface area contributed by atoms with Crippen molar-refractivity contribution in [1.29, 1.82) is 0 Å². The minimum Gasteiger partial charge on any atom is -0.907 e. The third kappa shape index (κ3) is 44.0. The Hall–Kier alpha value is 0.428. The maximum atomic E-state index is 10.2. The van der Waals surface area contributed by atoms with Gasteiger partial charge in [-0.3, -0.25) is 12.1 Å². The van der Waals surface area contributed by atoms with Gasteiger partial charge in [-0.15, -0.1) is 0 Å². The molecule has 0 unspecified atom stereocenters. The van der Waals surface area contributed by atoms with Gasteiger partial charge in [-0.25, -0.2) is 0 Å². The SMILES string of the molecule is CC(C)(C)CCCCCC(=O)O.[Co+2].[Co].[O-]B([O-])[O-]. The van der Waals surface area contributed by atoms with Crippen LogP contribution in [0.5, 0.6) is 0 Å². The van der Waals surface area contributed by atoms with Gasteiger partial charge in [0.2, 0.25) is 0 Å². The molecule has 8 heteroatoms. The first-order chi connectivity index (χ1) is 7.15. The first-order valence-electron chi connectivity index (χ1n) is 5.34. The monoisotopic (exact) mass is 349 g/mol. The van der Waals surface area contributed by atoms with Crippen LogP contribution in [0.3, 0.4) is 0 Å². The summed E-state index contributed by atoms with van der Waals surface area (Å²) in [6, 6.07) is 0. The fourth-order valence-electron chi connectivity index (χ4n) is 1.11. The van der Waals surface area contributed by atoms with Gasteiger partial charge in [-0.1, -0.05) is 33.6 Å². The predicted molar refractivity (Wildman–Crippen MR) is 55.9 cm³/mol. The molecular weight excluding hydrogens is 329 g/mol. The predicted octanol–water partition coefficient (Wildman–Crippen LogP) is -0.885. The largest absolute Gasteiger partial charge is 2.00 e. The summed E-state index contributed by atoms with van der Waals surface area (Å²) < 4.78 is 0. The number of unbranched alkanes of at least 4 members (excludes halogenated alkanes) is 2. The first kappa shape index (κ1) is 26.9. The average Bonchev–Trinajstić information content (AvgIpc) is 1.99. The topological polar surface area (TPSA) is 106 Å². The van der Waals surface area contributed by atoms with Gasteiger partial charge in [0.25, 0.3) is 0 Å². The number of carboxylic acids is 1. The van der Waals surface area contributed by atoms with Gasteiger partial charge in [0.1, 0.15) is 0 Å². The minimum absolute atomic E-state index is 0. The van der Waals surface area contributed by atoms with Gasteiger partial charge in [-0.2, -0.15) is 0 Å². The van der Waals surface area contributed by atoms with Crippen LogP contribution in [-0.4, -0.2) is 18.4 Å². The Morgan fingerprint density at radius 2 is 1.50 bits per heavy atom. The van der Waals surface area contributed by atoms with Crippen LogP contribution in [0.1, 0.15) is 52.9 Å². The van der Waals surface area contributed by atoms with Gasteiger partial charge < -0.3 is 20.2 Å². The van der Waals surface area contributed by atoms with Crippen molar-refractivity contribution in [3.05, 3.63) is 0 Å². The maximum Gasteiger partial charge on any atom is 2.00 e. The van der Waals surface area contributed by atoms with Crippen LogP contribution in [0.2, 0.25) is 0 Å². The van der Waals surface area contributed by atoms with E-state index >= 15 is 0 Å². The second-order valence-corrected chi connectivity index (χ2v) is 4.80. The Morgan fingerprint density at radius 1 is 1.11 bits per heavy atom. The Labute approximate surface area is 130 Å². The van der Waals surface area contributed by atoms with Crippen molar-refractivity contribution >= 4 is 13.3 Å². The molecule has 0 rings (SSSR count). The Bertz CT molecular complexity index is 183. The van der Waals surface area contributed by atoms with E-state index in [1.165, 1.54) is 6.42 Å². The van der Waals surface area contributed by atoms with Crippen molar-refractivity contribution in [2.45, 2.75) is 52.9 Å². The Morgan fingerprint density at radius 3 is 1.78 bits per heavy atom. The molecule has 0 bridgehead atoms. The summed E-state index contributed by atoms with van der Waals surface area (Å²) in [5, 5.41) is 33.6. The normalized spacial score (nSPS) is 9.22. The van der Waals surface area contributed by atoms with Gasteiger partial charge in [0.05, 0.1) is 0 Å². The van der Waals surface area contributed by atoms with Crippen LogP contribution in [-0.2, 0) is 38.4 Å². The Kier molecular flexibility index (Phi) is 23.1. The number of carbonyl (C=O) groups is 1. The summed E-state index contributed by atoms with van der Waals surface area (Å²) >= 11 is 0. The molecule has 0 aromatic rings. The van der Waals surface area contributed by atoms with Crippen LogP contribution in [0.4, 0.5) is 0 Å². The molecule has 0 amide bonds. The van der Waals surface area contributed by atoms with Crippen molar-refractivity contribution in [2.75, 3.05) is 0 Å². The van der Waals surface area contributed by atoms with Gasteiger partial charge in [0.15, 0.2) is 0 Å². The zero-order valence-corrected chi connectivity index (χ0v) is 12.9. The molecular formula is C10H20BCo2O5-. The zero-order chi connectivity index (χ0) is 13.2.